The number of allylic oxidation sites excluding steroid dienone is 1. The predicted octanol–water partition coefficient (Wildman–Crippen LogP) is 4.84. The van der Waals surface area contributed by atoms with Gasteiger partial charge in [-0.3, -0.25) is 9.59 Å². The molecule has 0 spiro atoms. The van der Waals surface area contributed by atoms with Crippen LogP contribution in [0.1, 0.15) is 70.9 Å². The van der Waals surface area contributed by atoms with E-state index in [0.29, 0.717) is 23.2 Å². The Hall–Kier alpha value is -3.39. The number of rotatable bonds is 6. The second-order valence-corrected chi connectivity index (χ2v) is 8.39. The average Bonchev–Trinajstić information content (AvgIpc) is 3.73. The summed E-state index contributed by atoms with van der Waals surface area (Å²) in [5, 5.41) is 12.1. The Balaban J connectivity index is 0.000000610. The standard InChI is InChI=1S/C22H23N3O2.C4H6/c1-3-22(11-12-22)24-20(26)18-9-7-16(8-10-18)15-25(2)21(27)19-6-4-5-17(13-19)14-23;1-4-2-3-4/h4-10,13H,3,11-12,15H2,1-2H3,(H,24,26);1-3H2. The Morgan fingerprint density at radius 1 is 1.13 bits per heavy atom. The zero-order valence-corrected chi connectivity index (χ0v) is 18.3. The zero-order chi connectivity index (χ0) is 22.4. The van der Waals surface area contributed by atoms with Gasteiger partial charge < -0.3 is 10.2 Å². The van der Waals surface area contributed by atoms with E-state index in [2.05, 4.69) is 18.8 Å². The highest BCUT2D eigenvalue weighted by Gasteiger charge is 2.42. The summed E-state index contributed by atoms with van der Waals surface area (Å²) < 4.78 is 0. The van der Waals surface area contributed by atoms with Gasteiger partial charge in [0.1, 0.15) is 0 Å². The molecule has 0 unspecified atom stereocenters. The predicted molar refractivity (Wildman–Crippen MR) is 121 cm³/mol. The zero-order valence-electron chi connectivity index (χ0n) is 18.3. The molecule has 2 fully saturated rings. The van der Waals surface area contributed by atoms with Crippen LogP contribution in [0.2, 0.25) is 0 Å². The van der Waals surface area contributed by atoms with Crippen LogP contribution in [-0.2, 0) is 6.54 Å². The molecule has 160 valence electrons. The lowest BCUT2D eigenvalue weighted by Crippen LogP contribution is -2.36. The van der Waals surface area contributed by atoms with Gasteiger partial charge in [-0.15, -0.1) is 0 Å². The molecule has 0 bridgehead atoms. The Labute approximate surface area is 184 Å². The van der Waals surface area contributed by atoms with Crippen molar-refractivity contribution in [1.29, 1.82) is 5.26 Å². The number of benzene rings is 2. The maximum Gasteiger partial charge on any atom is 0.253 e. The van der Waals surface area contributed by atoms with E-state index in [0.717, 1.165) is 24.8 Å². The molecule has 0 aliphatic heterocycles. The maximum atomic E-state index is 12.5. The van der Waals surface area contributed by atoms with Crippen molar-refractivity contribution in [2.45, 2.75) is 51.1 Å². The molecule has 0 radical (unpaired) electrons. The Morgan fingerprint density at radius 3 is 2.29 bits per heavy atom. The normalized spacial score (nSPS) is 15.1. The first kappa shape index (κ1) is 22.3. The molecule has 2 aliphatic carbocycles. The Morgan fingerprint density at radius 2 is 1.77 bits per heavy atom. The third kappa shape index (κ3) is 6.29. The van der Waals surface area contributed by atoms with Crippen LogP contribution in [0.25, 0.3) is 0 Å². The smallest absolute Gasteiger partial charge is 0.253 e. The van der Waals surface area contributed by atoms with Gasteiger partial charge in [0.25, 0.3) is 11.8 Å². The van der Waals surface area contributed by atoms with Gasteiger partial charge in [0.2, 0.25) is 0 Å². The van der Waals surface area contributed by atoms with Gasteiger partial charge in [-0.05, 0) is 68.0 Å². The molecule has 2 saturated carbocycles. The van der Waals surface area contributed by atoms with Gasteiger partial charge in [0.15, 0.2) is 0 Å². The highest BCUT2D eigenvalue weighted by molar-refractivity contribution is 5.95. The molecular weight excluding hydrogens is 386 g/mol. The number of hydrogen-bond donors (Lipinski definition) is 1. The van der Waals surface area contributed by atoms with Crippen molar-refractivity contribution in [2.24, 2.45) is 0 Å². The first-order chi connectivity index (χ1) is 14.9. The van der Waals surface area contributed by atoms with Crippen molar-refractivity contribution in [1.82, 2.24) is 10.2 Å². The van der Waals surface area contributed by atoms with Crippen molar-refractivity contribution in [3.63, 3.8) is 0 Å². The number of nitrogens with one attached hydrogen (secondary N) is 1. The molecule has 2 aliphatic rings. The maximum absolute atomic E-state index is 12.5. The summed E-state index contributed by atoms with van der Waals surface area (Å²) >= 11 is 0. The van der Waals surface area contributed by atoms with E-state index in [9.17, 15) is 9.59 Å². The largest absolute Gasteiger partial charge is 0.347 e. The summed E-state index contributed by atoms with van der Waals surface area (Å²) in [5.41, 5.74) is 3.94. The summed E-state index contributed by atoms with van der Waals surface area (Å²) in [7, 11) is 1.72. The fraction of sp³-hybridized carbons (Fsp3) is 0.346. The van der Waals surface area contributed by atoms with Crippen LogP contribution in [0, 0.1) is 11.3 Å². The third-order valence-corrected chi connectivity index (χ3v) is 5.73. The van der Waals surface area contributed by atoms with Gasteiger partial charge in [-0.1, -0.05) is 37.3 Å². The van der Waals surface area contributed by atoms with Gasteiger partial charge in [0.05, 0.1) is 11.6 Å². The molecule has 5 nitrogen and oxygen atoms in total. The fourth-order valence-corrected chi connectivity index (χ4v) is 3.17. The summed E-state index contributed by atoms with van der Waals surface area (Å²) in [6, 6.07) is 16.0. The van der Waals surface area contributed by atoms with Crippen molar-refractivity contribution in [3.05, 3.63) is 82.9 Å². The lowest BCUT2D eigenvalue weighted by atomic mass is 10.1. The number of hydrogen-bond acceptors (Lipinski definition) is 3. The molecule has 0 aromatic heterocycles. The topological polar surface area (TPSA) is 73.2 Å². The van der Waals surface area contributed by atoms with Crippen molar-refractivity contribution in [2.75, 3.05) is 7.05 Å². The van der Waals surface area contributed by atoms with E-state index in [-0.39, 0.29) is 17.4 Å². The second-order valence-electron chi connectivity index (χ2n) is 8.39. The van der Waals surface area contributed by atoms with E-state index >= 15 is 0 Å². The van der Waals surface area contributed by atoms with E-state index in [1.807, 2.05) is 18.2 Å². The van der Waals surface area contributed by atoms with E-state index in [1.54, 1.807) is 48.3 Å². The lowest BCUT2D eigenvalue weighted by molar-refractivity contribution is 0.0784. The van der Waals surface area contributed by atoms with Crippen LogP contribution in [0.15, 0.2) is 60.7 Å². The van der Waals surface area contributed by atoms with Gasteiger partial charge in [-0.25, -0.2) is 0 Å². The van der Waals surface area contributed by atoms with Crippen LogP contribution in [0.4, 0.5) is 0 Å². The molecule has 4 rings (SSSR count). The van der Waals surface area contributed by atoms with Crippen LogP contribution in [0.5, 0.6) is 0 Å². The van der Waals surface area contributed by atoms with Crippen LogP contribution < -0.4 is 5.32 Å². The molecule has 0 atom stereocenters. The number of carbonyl (C=O) groups excluding carboxylic acids is 2. The summed E-state index contributed by atoms with van der Waals surface area (Å²) in [6.45, 7) is 6.19. The minimum atomic E-state index is -0.146. The van der Waals surface area contributed by atoms with Crippen molar-refractivity contribution >= 4 is 11.8 Å². The minimum absolute atomic E-state index is 0.000352. The molecule has 0 heterocycles. The molecule has 1 N–H and O–H groups in total. The molecule has 2 aromatic carbocycles. The van der Waals surface area contributed by atoms with Crippen molar-refractivity contribution < 1.29 is 9.59 Å². The summed E-state index contributed by atoms with van der Waals surface area (Å²) in [5.74, 6) is -0.189. The number of nitriles is 1. The molecule has 0 saturated heterocycles. The minimum Gasteiger partial charge on any atom is -0.347 e. The summed E-state index contributed by atoms with van der Waals surface area (Å²) in [6.07, 6.45) is 5.64. The van der Waals surface area contributed by atoms with E-state index in [1.165, 1.54) is 18.4 Å². The monoisotopic (exact) mass is 415 g/mol. The molecule has 31 heavy (non-hydrogen) atoms. The van der Waals surface area contributed by atoms with Gasteiger partial charge in [-0.2, -0.15) is 5.26 Å². The van der Waals surface area contributed by atoms with E-state index in [4.69, 9.17) is 5.26 Å². The third-order valence-electron chi connectivity index (χ3n) is 5.73. The van der Waals surface area contributed by atoms with Crippen LogP contribution in [-0.4, -0.2) is 29.3 Å². The Kier molecular flexibility index (Phi) is 6.91. The molecular formula is C26H29N3O2. The quantitative estimate of drug-likeness (QED) is 0.686. The number of carbonyl (C=O) groups is 2. The molecule has 2 aromatic rings. The highest BCUT2D eigenvalue weighted by Crippen LogP contribution is 2.38. The van der Waals surface area contributed by atoms with Gasteiger partial charge >= 0.3 is 0 Å². The number of amides is 2. The lowest BCUT2D eigenvalue weighted by Gasteiger charge is -2.18. The van der Waals surface area contributed by atoms with Crippen molar-refractivity contribution in [3.8, 4) is 6.07 Å². The number of nitrogens with zero attached hydrogens (tertiary/aromatic N) is 2. The SMILES string of the molecule is C=C1CC1.CCC1(NC(=O)c2ccc(CN(C)C(=O)c3cccc(C#N)c3)cc2)CC1. The molecule has 5 heteroatoms. The second kappa shape index (κ2) is 9.61. The first-order valence-electron chi connectivity index (χ1n) is 10.7. The van der Waals surface area contributed by atoms with Gasteiger partial charge in [0, 0.05) is 30.3 Å². The van der Waals surface area contributed by atoms with Crippen LogP contribution >= 0.6 is 0 Å². The van der Waals surface area contributed by atoms with Crippen LogP contribution in [0.3, 0.4) is 0 Å². The van der Waals surface area contributed by atoms with E-state index < -0.39 is 0 Å². The molecule has 2 amide bonds. The average molecular weight is 416 g/mol. The summed E-state index contributed by atoms with van der Waals surface area (Å²) in [4.78, 5) is 26.5. The first-order valence-corrected chi connectivity index (χ1v) is 10.7. The fourth-order valence-electron chi connectivity index (χ4n) is 3.17. The Bertz CT molecular complexity index is 1010. The highest BCUT2D eigenvalue weighted by atomic mass is 16.2.